The third kappa shape index (κ3) is 2.75. The predicted molar refractivity (Wildman–Crippen MR) is 68.3 cm³/mol. The smallest absolute Gasteiger partial charge is 0.212 e. The van der Waals surface area contributed by atoms with Gasteiger partial charge in [-0.3, -0.25) is 0 Å². The quantitative estimate of drug-likeness (QED) is 0.909. The van der Waals surface area contributed by atoms with Gasteiger partial charge in [-0.1, -0.05) is 29.8 Å². The molecule has 0 unspecified atom stereocenters. The van der Waals surface area contributed by atoms with E-state index < -0.39 is 0 Å². The Morgan fingerprint density at radius 2 is 1.76 bits per heavy atom. The summed E-state index contributed by atoms with van der Waals surface area (Å²) in [5, 5.41) is 0.703. The van der Waals surface area contributed by atoms with Gasteiger partial charge in [-0.2, -0.15) is 0 Å². The number of aromatic nitrogens is 1. The highest BCUT2D eigenvalue weighted by Crippen LogP contribution is 2.21. The molecule has 2 N–H and O–H groups in total. The SMILES string of the molecule is COc1ccc([C@H](N)c2ccc(Cl)cc2)cn1. The van der Waals surface area contributed by atoms with E-state index in [4.69, 9.17) is 22.1 Å². The fourth-order valence-electron chi connectivity index (χ4n) is 1.56. The van der Waals surface area contributed by atoms with E-state index in [0.717, 1.165) is 11.1 Å². The summed E-state index contributed by atoms with van der Waals surface area (Å²) >= 11 is 5.83. The normalized spacial score (nSPS) is 12.2. The highest BCUT2D eigenvalue weighted by Gasteiger charge is 2.09. The van der Waals surface area contributed by atoms with E-state index in [2.05, 4.69) is 4.98 Å². The van der Waals surface area contributed by atoms with Gasteiger partial charge in [0, 0.05) is 17.3 Å². The summed E-state index contributed by atoms with van der Waals surface area (Å²) < 4.78 is 5.00. The molecule has 0 spiro atoms. The van der Waals surface area contributed by atoms with E-state index in [-0.39, 0.29) is 6.04 Å². The Bertz CT molecular complexity index is 482. The van der Waals surface area contributed by atoms with Gasteiger partial charge in [-0.05, 0) is 23.3 Å². The lowest BCUT2D eigenvalue weighted by atomic mass is 10.0. The zero-order valence-electron chi connectivity index (χ0n) is 9.43. The topological polar surface area (TPSA) is 48.1 Å². The number of hydrogen-bond donors (Lipinski definition) is 1. The molecule has 0 aliphatic carbocycles. The molecule has 17 heavy (non-hydrogen) atoms. The Kier molecular flexibility index (Phi) is 3.61. The maximum Gasteiger partial charge on any atom is 0.212 e. The molecule has 0 saturated carbocycles. The number of nitrogens with two attached hydrogens (primary N) is 1. The van der Waals surface area contributed by atoms with Crippen molar-refractivity contribution in [2.75, 3.05) is 7.11 Å². The van der Waals surface area contributed by atoms with Gasteiger partial charge in [0.05, 0.1) is 13.2 Å². The Morgan fingerprint density at radius 1 is 1.12 bits per heavy atom. The van der Waals surface area contributed by atoms with Crippen molar-refractivity contribution in [2.24, 2.45) is 5.73 Å². The molecule has 0 fully saturated rings. The molecule has 88 valence electrons. The van der Waals surface area contributed by atoms with Gasteiger partial charge in [-0.15, -0.1) is 0 Å². The first kappa shape index (κ1) is 11.9. The summed E-state index contributed by atoms with van der Waals surface area (Å²) in [5.41, 5.74) is 8.07. The van der Waals surface area contributed by atoms with Gasteiger partial charge in [0.25, 0.3) is 0 Å². The van der Waals surface area contributed by atoms with Crippen molar-refractivity contribution in [1.82, 2.24) is 4.98 Å². The molecule has 0 saturated heterocycles. The van der Waals surface area contributed by atoms with E-state index in [0.29, 0.717) is 10.9 Å². The maximum atomic E-state index is 6.13. The van der Waals surface area contributed by atoms with Crippen LogP contribution in [0.15, 0.2) is 42.6 Å². The second-order valence-electron chi connectivity index (χ2n) is 3.66. The lowest BCUT2D eigenvalue weighted by Crippen LogP contribution is -2.11. The van der Waals surface area contributed by atoms with Crippen LogP contribution in [0.1, 0.15) is 17.2 Å². The molecule has 0 amide bonds. The Hall–Kier alpha value is -1.58. The summed E-state index contributed by atoms with van der Waals surface area (Å²) in [7, 11) is 1.58. The predicted octanol–water partition coefficient (Wildman–Crippen LogP) is 2.79. The van der Waals surface area contributed by atoms with E-state index in [9.17, 15) is 0 Å². The van der Waals surface area contributed by atoms with Crippen molar-refractivity contribution in [3.8, 4) is 5.88 Å². The molecular weight excluding hydrogens is 236 g/mol. The van der Waals surface area contributed by atoms with Gasteiger partial charge < -0.3 is 10.5 Å². The van der Waals surface area contributed by atoms with Crippen LogP contribution in [0.25, 0.3) is 0 Å². The van der Waals surface area contributed by atoms with E-state index in [1.165, 1.54) is 0 Å². The van der Waals surface area contributed by atoms with Crippen molar-refractivity contribution in [1.29, 1.82) is 0 Å². The molecule has 1 atom stereocenters. The van der Waals surface area contributed by atoms with Crippen LogP contribution in [0.5, 0.6) is 5.88 Å². The Morgan fingerprint density at radius 3 is 2.29 bits per heavy atom. The van der Waals surface area contributed by atoms with Crippen molar-refractivity contribution < 1.29 is 4.74 Å². The van der Waals surface area contributed by atoms with E-state index >= 15 is 0 Å². The van der Waals surface area contributed by atoms with Crippen LogP contribution in [-0.4, -0.2) is 12.1 Å². The molecule has 1 heterocycles. The van der Waals surface area contributed by atoms with Crippen LogP contribution in [0, 0.1) is 0 Å². The van der Waals surface area contributed by atoms with Crippen LogP contribution in [-0.2, 0) is 0 Å². The van der Waals surface area contributed by atoms with Crippen LogP contribution in [0.3, 0.4) is 0 Å². The average Bonchev–Trinajstić information content (AvgIpc) is 2.39. The number of halogens is 1. The van der Waals surface area contributed by atoms with Crippen LogP contribution < -0.4 is 10.5 Å². The van der Waals surface area contributed by atoms with Gasteiger partial charge in [-0.25, -0.2) is 4.98 Å². The second kappa shape index (κ2) is 5.17. The van der Waals surface area contributed by atoms with E-state index in [1.807, 2.05) is 30.3 Å². The number of methoxy groups -OCH3 is 1. The molecule has 0 aliphatic rings. The number of benzene rings is 1. The van der Waals surface area contributed by atoms with Crippen LogP contribution in [0.4, 0.5) is 0 Å². The van der Waals surface area contributed by atoms with Gasteiger partial charge in [0.15, 0.2) is 0 Å². The summed E-state index contributed by atoms with van der Waals surface area (Å²) in [6.07, 6.45) is 1.72. The monoisotopic (exact) mass is 248 g/mol. The third-order valence-corrected chi connectivity index (χ3v) is 2.81. The van der Waals surface area contributed by atoms with Crippen LogP contribution in [0.2, 0.25) is 5.02 Å². The first-order valence-corrected chi connectivity index (χ1v) is 5.59. The van der Waals surface area contributed by atoms with Crippen molar-refractivity contribution >= 4 is 11.6 Å². The number of ether oxygens (including phenoxy) is 1. The first-order chi connectivity index (χ1) is 8.20. The average molecular weight is 249 g/mol. The molecule has 0 bridgehead atoms. The van der Waals surface area contributed by atoms with Gasteiger partial charge >= 0.3 is 0 Å². The lowest BCUT2D eigenvalue weighted by molar-refractivity contribution is 0.397. The summed E-state index contributed by atoms with van der Waals surface area (Å²) in [4.78, 5) is 4.13. The molecular formula is C13H13ClN2O. The highest BCUT2D eigenvalue weighted by atomic mass is 35.5. The minimum atomic E-state index is -0.203. The van der Waals surface area contributed by atoms with Crippen molar-refractivity contribution in [2.45, 2.75) is 6.04 Å². The number of pyridine rings is 1. The molecule has 4 heteroatoms. The summed E-state index contributed by atoms with van der Waals surface area (Å²) in [6, 6.07) is 11.0. The summed E-state index contributed by atoms with van der Waals surface area (Å²) in [5.74, 6) is 0.581. The number of hydrogen-bond acceptors (Lipinski definition) is 3. The second-order valence-corrected chi connectivity index (χ2v) is 4.10. The minimum Gasteiger partial charge on any atom is -0.481 e. The Balaban J connectivity index is 2.23. The van der Waals surface area contributed by atoms with Gasteiger partial charge in [0.2, 0.25) is 5.88 Å². The molecule has 2 aromatic rings. The standard InChI is InChI=1S/C13H13ClN2O/c1-17-12-7-4-10(8-16-12)13(15)9-2-5-11(14)6-3-9/h2-8,13H,15H2,1H3/t13-/m1/s1. The zero-order chi connectivity index (χ0) is 12.3. The van der Waals surface area contributed by atoms with Gasteiger partial charge in [0.1, 0.15) is 0 Å². The fraction of sp³-hybridized carbons (Fsp3) is 0.154. The van der Waals surface area contributed by atoms with Crippen molar-refractivity contribution in [3.63, 3.8) is 0 Å². The molecule has 0 radical (unpaired) electrons. The maximum absolute atomic E-state index is 6.13. The number of nitrogens with zero attached hydrogens (tertiary/aromatic N) is 1. The number of rotatable bonds is 3. The highest BCUT2D eigenvalue weighted by molar-refractivity contribution is 6.30. The summed E-state index contributed by atoms with van der Waals surface area (Å²) in [6.45, 7) is 0. The molecule has 1 aromatic heterocycles. The first-order valence-electron chi connectivity index (χ1n) is 5.21. The molecule has 1 aromatic carbocycles. The molecule has 2 rings (SSSR count). The largest absolute Gasteiger partial charge is 0.481 e. The zero-order valence-corrected chi connectivity index (χ0v) is 10.2. The van der Waals surface area contributed by atoms with Crippen LogP contribution >= 0.6 is 11.6 Å². The Labute approximate surface area is 105 Å². The van der Waals surface area contributed by atoms with Crippen molar-refractivity contribution in [3.05, 3.63) is 58.7 Å². The fourth-order valence-corrected chi connectivity index (χ4v) is 1.69. The third-order valence-electron chi connectivity index (χ3n) is 2.56. The minimum absolute atomic E-state index is 0.203. The molecule has 3 nitrogen and oxygen atoms in total. The molecule has 0 aliphatic heterocycles. The van der Waals surface area contributed by atoms with E-state index in [1.54, 1.807) is 19.4 Å². The lowest BCUT2D eigenvalue weighted by Gasteiger charge is -2.12.